The molecule has 0 aliphatic carbocycles. The van der Waals surface area contributed by atoms with Crippen molar-refractivity contribution in [2.75, 3.05) is 6.61 Å². The summed E-state index contributed by atoms with van der Waals surface area (Å²) in [5.41, 5.74) is -0.235. The number of aliphatic hydroxyl groups excluding tert-OH is 1. The van der Waals surface area contributed by atoms with Crippen molar-refractivity contribution in [3.63, 3.8) is 0 Å². The van der Waals surface area contributed by atoms with Crippen LogP contribution in [0.2, 0.25) is 5.02 Å². The summed E-state index contributed by atoms with van der Waals surface area (Å²) in [5.74, 6) is -0.472. The summed E-state index contributed by atoms with van der Waals surface area (Å²) in [6.45, 7) is 3.38. The molecule has 1 nitrogen and oxygen atoms in total. The molecule has 14 heavy (non-hydrogen) atoms. The van der Waals surface area contributed by atoms with Crippen LogP contribution in [0.4, 0.5) is 4.39 Å². The van der Waals surface area contributed by atoms with Gasteiger partial charge in [-0.05, 0) is 12.1 Å². The number of aliphatic hydroxyl groups is 1. The zero-order valence-corrected chi connectivity index (χ0v) is 10.3. The van der Waals surface area contributed by atoms with Crippen LogP contribution in [0.5, 0.6) is 0 Å². The molecule has 1 rings (SSSR count). The van der Waals surface area contributed by atoms with Gasteiger partial charge in [0.2, 0.25) is 0 Å². The monoisotopic (exact) mass is 280 g/mol. The molecule has 0 bridgehead atoms. The van der Waals surface area contributed by atoms with E-state index in [-0.39, 0.29) is 11.6 Å². The van der Waals surface area contributed by atoms with Crippen LogP contribution in [0.25, 0.3) is 0 Å². The van der Waals surface area contributed by atoms with Crippen LogP contribution in [0.1, 0.15) is 19.4 Å². The zero-order chi connectivity index (χ0) is 10.9. The highest BCUT2D eigenvalue weighted by Gasteiger charge is 2.27. The molecule has 0 aromatic heterocycles. The molecule has 0 radical (unpaired) electrons. The molecule has 0 saturated carbocycles. The van der Waals surface area contributed by atoms with Crippen molar-refractivity contribution in [2.45, 2.75) is 19.3 Å². The van der Waals surface area contributed by atoms with Crippen LogP contribution in [-0.2, 0) is 5.41 Å². The lowest BCUT2D eigenvalue weighted by Crippen LogP contribution is -2.24. The van der Waals surface area contributed by atoms with E-state index in [9.17, 15) is 4.39 Å². The predicted molar refractivity (Wildman–Crippen MR) is 59.2 cm³/mol. The van der Waals surface area contributed by atoms with E-state index in [0.29, 0.717) is 10.0 Å². The summed E-state index contributed by atoms with van der Waals surface area (Å²) in [4.78, 5) is 0. The maximum absolute atomic E-state index is 13.7. The van der Waals surface area contributed by atoms with Crippen LogP contribution in [0.15, 0.2) is 16.6 Å². The third-order valence-corrected chi connectivity index (χ3v) is 3.07. The van der Waals surface area contributed by atoms with Crippen LogP contribution < -0.4 is 0 Å². The first-order valence-electron chi connectivity index (χ1n) is 4.15. The Kier molecular flexibility index (Phi) is 3.56. The first-order valence-corrected chi connectivity index (χ1v) is 5.32. The molecule has 1 aromatic carbocycles. The molecule has 4 heteroatoms. The van der Waals surface area contributed by atoms with Gasteiger partial charge in [0, 0.05) is 15.5 Å². The Hall–Kier alpha value is -0.120. The van der Waals surface area contributed by atoms with E-state index in [1.54, 1.807) is 19.9 Å². The van der Waals surface area contributed by atoms with Gasteiger partial charge in [-0.15, -0.1) is 0 Å². The average Bonchev–Trinajstić information content (AvgIpc) is 2.12. The molecular weight excluding hydrogens is 270 g/mol. The van der Waals surface area contributed by atoms with Gasteiger partial charge >= 0.3 is 0 Å². The molecule has 78 valence electrons. The molecule has 0 amide bonds. The van der Waals surface area contributed by atoms with Gasteiger partial charge in [0.05, 0.1) is 11.6 Å². The number of hydrogen-bond acceptors (Lipinski definition) is 1. The molecule has 0 aliphatic rings. The van der Waals surface area contributed by atoms with Crippen molar-refractivity contribution < 1.29 is 9.50 Å². The molecule has 0 spiro atoms. The van der Waals surface area contributed by atoms with Gasteiger partial charge in [-0.2, -0.15) is 0 Å². The fraction of sp³-hybridized carbons (Fsp3) is 0.400. The van der Waals surface area contributed by atoms with E-state index in [1.165, 1.54) is 6.07 Å². The van der Waals surface area contributed by atoms with Gasteiger partial charge in [-0.3, -0.25) is 0 Å². The summed E-state index contributed by atoms with van der Waals surface area (Å²) in [5, 5.41) is 9.23. The lowest BCUT2D eigenvalue weighted by Gasteiger charge is -2.24. The summed E-state index contributed by atoms with van der Waals surface area (Å²) in [7, 11) is 0. The summed E-state index contributed by atoms with van der Waals surface area (Å²) >= 11 is 8.92. The highest BCUT2D eigenvalue weighted by molar-refractivity contribution is 9.10. The average molecular weight is 282 g/mol. The third kappa shape index (κ3) is 2.10. The summed E-state index contributed by atoms with van der Waals surface area (Å²) in [6, 6.07) is 3.16. The first kappa shape index (κ1) is 12.0. The number of benzene rings is 1. The van der Waals surface area contributed by atoms with Gasteiger partial charge in [-0.1, -0.05) is 41.4 Å². The maximum Gasteiger partial charge on any atom is 0.146 e. The first-order chi connectivity index (χ1) is 6.40. The Balaban J connectivity index is 3.40. The van der Waals surface area contributed by atoms with Gasteiger partial charge in [0.15, 0.2) is 0 Å². The minimum absolute atomic E-state index is 0.0738. The highest BCUT2D eigenvalue weighted by Crippen LogP contribution is 2.35. The molecule has 0 heterocycles. The molecule has 0 aliphatic heterocycles. The van der Waals surface area contributed by atoms with E-state index in [4.69, 9.17) is 16.7 Å². The normalized spacial score (nSPS) is 11.9. The maximum atomic E-state index is 13.7. The topological polar surface area (TPSA) is 20.2 Å². The van der Waals surface area contributed by atoms with Crippen LogP contribution in [-0.4, -0.2) is 11.7 Å². The predicted octanol–water partition coefficient (Wildman–Crippen LogP) is 3.51. The largest absolute Gasteiger partial charge is 0.395 e. The Morgan fingerprint density at radius 2 is 2.07 bits per heavy atom. The standard InChI is InChI=1S/C10H11BrClFO/c1-10(2,5-14)8-6(11)3-4-7(12)9(8)13/h3-4,14H,5H2,1-2H3. The van der Waals surface area contributed by atoms with Crippen LogP contribution >= 0.6 is 27.5 Å². The Morgan fingerprint density at radius 1 is 1.50 bits per heavy atom. The van der Waals surface area contributed by atoms with E-state index < -0.39 is 11.2 Å². The second-order valence-corrected chi connectivity index (χ2v) is 5.02. The summed E-state index contributed by atoms with van der Waals surface area (Å²) < 4.78 is 14.3. The van der Waals surface area contributed by atoms with E-state index in [0.717, 1.165) is 0 Å². The lowest BCUT2D eigenvalue weighted by atomic mass is 9.85. The second kappa shape index (κ2) is 4.17. The molecule has 0 atom stereocenters. The van der Waals surface area contributed by atoms with Crippen molar-refractivity contribution in [1.29, 1.82) is 0 Å². The van der Waals surface area contributed by atoms with E-state index in [2.05, 4.69) is 15.9 Å². The Morgan fingerprint density at radius 3 is 2.57 bits per heavy atom. The van der Waals surface area contributed by atoms with Gasteiger partial charge in [-0.25, -0.2) is 4.39 Å². The quantitative estimate of drug-likeness (QED) is 0.823. The van der Waals surface area contributed by atoms with Crippen molar-refractivity contribution in [3.8, 4) is 0 Å². The molecule has 0 unspecified atom stereocenters. The summed E-state index contributed by atoms with van der Waals surface area (Å²) in [6.07, 6.45) is 0. The molecule has 0 fully saturated rings. The van der Waals surface area contributed by atoms with E-state index in [1.807, 2.05) is 0 Å². The molecule has 1 aromatic rings. The second-order valence-electron chi connectivity index (χ2n) is 3.76. The van der Waals surface area contributed by atoms with Crippen molar-refractivity contribution in [1.82, 2.24) is 0 Å². The van der Waals surface area contributed by atoms with Crippen molar-refractivity contribution in [3.05, 3.63) is 33.0 Å². The fourth-order valence-electron chi connectivity index (χ4n) is 1.23. The minimum atomic E-state index is -0.645. The molecule has 1 N–H and O–H groups in total. The minimum Gasteiger partial charge on any atom is -0.395 e. The Bertz CT molecular complexity index is 352. The van der Waals surface area contributed by atoms with Gasteiger partial charge < -0.3 is 5.11 Å². The van der Waals surface area contributed by atoms with Gasteiger partial charge in [0.25, 0.3) is 0 Å². The molecule has 0 saturated heterocycles. The van der Waals surface area contributed by atoms with Crippen LogP contribution in [0, 0.1) is 5.82 Å². The zero-order valence-electron chi connectivity index (χ0n) is 7.94. The smallest absolute Gasteiger partial charge is 0.146 e. The number of hydrogen-bond donors (Lipinski definition) is 1. The molecular formula is C10H11BrClFO. The van der Waals surface area contributed by atoms with E-state index >= 15 is 0 Å². The van der Waals surface area contributed by atoms with Gasteiger partial charge in [0.1, 0.15) is 5.82 Å². The number of rotatable bonds is 2. The van der Waals surface area contributed by atoms with Crippen molar-refractivity contribution in [2.24, 2.45) is 0 Å². The number of halogens is 3. The highest BCUT2D eigenvalue weighted by atomic mass is 79.9. The lowest BCUT2D eigenvalue weighted by molar-refractivity contribution is 0.214. The van der Waals surface area contributed by atoms with Crippen LogP contribution in [0.3, 0.4) is 0 Å². The van der Waals surface area contributed by atoms with Crippen molar-refractivity contribution >= 4 is 27.5 Å². The Labute approximate surface area is 96.0 Å². The third-order valence-electron chi connectivity index (χ3n) is 2.12. The SMILES string of the molecule is CC(C)(CO)c1c(Br)ccc(Cl)c1F. The fourth-order valence-corrected chi connectivity index (χ4v) is 2.23.